The molecule has 0 aliphatic carbocycles. The molecule has 144 valence electrons. The van der Waals surface area contributed by atoms with Crippen molar-refractivity contribution in [1.82, 2.24) is 5.16 Å². The van der Waals surface area contributed by atoms with Gasteiger partial charge in [-0.15, -0.1) is 0 Å². The van der Waals surface area contributed by atoms with Crippen LogP contribution in [-0.2, 0) is 20.7 Å². The van der Waals surface area contributed by atoms with Crippen molar-refractivity contribution < 1.29 is 28.5 Å². The minimum Gasteiger partial charge on any atom is -0.496 e. The normalized spacial score (nSPS) is 10.5. The van der Waals surface area contributed by atoms with E-state index in [-0.39, 0.29) is 23.5 Å². The lowest BCUT2D eigenvalue weighted by Crippen LogP contribution is -2.22. The zero-order valence-electron chi connectivity index (χ0n) is 14.7. The van der Waals surface area contributed by atoms with Crippen LogP contribution in [0.15, 0.2) is 47.0 Å². The van der Waals surface area contributed by atoms with Crippen molar-refractivity contribution in [2.75, 3.05) is 19.0 Å². The van der Waals surface area contributed by atoms with Gasteiger partial charge in [0.1, 0.15) is 17.1 Å². The molecule has 3 aromatic rings. The second kappa shape index (κ2) is 8.16. The number of carbonyl (C=O) groups excluding carboxylic acids is 2. The summed E-state index contributed by atoms with van der Waals surface area (Å²) in [5, 5.41) is 18.0. The molecule has 0 radical (unpaired) electrons. The lowest BCUT2D eigenvalue weighted by Gasteiger charge is -2.08. The van der Waals surface area contributed by atoms with Crippen LogP contribution in [0.25, 0.3) is 11.0 Å². The maximum Gasteiger partial charge on any atom is 0.312 e. The zero-order chi connectivity index (χ0) is 20.1. The van der Waals surface area contributed by atoms with Crippen LogP contribution in [0, 0.1) is 10.1 Å². The van der Waals surface area contributed by atoms with Gasteiger partial charge in [-0.05, 0) is 24.3 Å². The van der Waals surface area contributed by atoms with Gasteiger partial charge >= 0.3 is 5.97 Å². The molecule has 0 bridgehead atoms. The van der Waals surface area contributed by atoms with Crippen LogP contribution in [0.2, 0.25) is 0 Å². The predicted molar refractivity (Wildman–Crippen MR) is 97.0 cm³/mol. The highest BCUT2D eigenvalue weighted by molar-refractivity contribution is 5.95. The van der Waals surface area contributed by atoms with Crippen molar-refractivity contribution in [2.24, 2.45) is 0 Å². The minimum absolute atomic E-state index is 0.0330. The van der Waals surface area contributed by atoms with Crippen molar-refractivity contribution in [1.29, 1.82) is 0 Å². The topological polar surface area (TPSA) is 134 Å². The number of nitrogens with zero attached hydrogens (tertiary/aromatic N) is 2. The highest BCUT2D eigenvalue weighted by atomic mass is 16.6. The summed E-state index contributed by atoms with van der Waals surface area (Å²) in [6.07, 6.45) is -0.174. The number of hydrogen-bond donors (Lipinski definition) is 1. The molecule has 1 N–H and O–H groups in total. The molecular formula is C18H15N3O7. The first kappa shape index (κ1) is 18.8. The van der Waals surface area contributed by atoms with Gasteiger partial charge in [0.25, 0.3) is 11.6 Å². The van der Waals surface area contributed by atoms with Crippen molar-refractivity contribution >= 4 is 34.2 Å². The number of ether oxygens (including phenoxy) is 2. The number of rotatable bonds is 7. The van der Waals surface area contributed by atoms with Crippen molar-refractivity contribution in [2.45, 2.75) is 6.42 Å². The number of nitro benzene ring substituents is 1. The van der Waals surface area contributed by atoms with Crippen LogP contribution in [-0.4, -0.2) is 35.7 Å². The van der Waals surface area contributed by atoms with E-state index in [1.54, 1.807) is 24.3 Å². The molecule has 0 saturated heterocycles. The molecule has 0 unspecified atom stereocenters. The maximum absolute atomic E-state index is 12.0. The molecule has 1 heterocycles. The summed E-state index contributed by atoms with van der Waals surface area (Å²) >= 11 is 0. The fraction of sp³-hybridized carbons (Fsp3) is 0.167. The van der Waals surface area contributed by atoms with Gasteiger partial charge in [-0.3, -0.25) is 19.7 Å². The number of anilines is 1. The van der Waals surface area contributed by atoms with Gasteiger partial charge in [-0.1, -0.05) is 17.3 Å². The average Bonchev–Trinajstić information content (AvgIpc) is 3.09. The van der Waals surface area contributed by atoms with E-state index in [1.807, 2.05) is 0 Å². The SMILES string of the molecule is COc1ccc(NC(=O)COC(=O)Cc2noc3ccccc23)c([N+](=O)[O-])c1. The molecule has 0 saturated carbocycles. The number of methoxy groups -OCH3 is 1. The van der Waals surface area contributed by atoms with E-state index in [0.29, 0.717) is 16.7 Å². The summed E-state index contributed by atoms with van der Waals surface area (Å²) in [7, 11) is 1.37. The summed E-state index contributed by atoms with van der Waals surface area (Å²) in [5.74, 6) is -1.12. The molecule has 1 aromatic heterocycles. The van der Waals surface area contributed by atoms with Crippen LogP contribution in [0.1, 0.15) is 5.69 Å². The number of fused-ring (bicyclic) bond motifs is 1. The van der Waals surface area contributed by atoms with Gasteiger partial charge in [0.05, 0.1) is 24.5 Å². The number of esters is 1. The van der Waals surface area contributed by atoms with E-state index < -0.39 is 23.4 Å². The Labute approximate surface area is 158 Å². The van der Waals surface area contributed by atoms with Crippen LogP contribution >= 0.6 is 0 Å². The van der Waals surface area contributed by atoms with Crippen LogP contribution in [0.4, 0.5) is 11.4 Å². The monoisotopic (exact) mass is 385 g/mol. The lowest BCUT2D eigenvalue weighted by molar-refractivity contribution is -0.384. The Morgan fingerprint density at radius 2 is 2.04 bits per heavy atom. The first-order chi connectivity index (χ1) is 13.5. The van der Waals surface area contributed by atoms with E-state index >= 15 is 0 Å². The molecule has 10 nitrogen and oxygen atoms in total. The van der Waals surface area contributed by atoms with E-state index in [0.717, 1.165) is 0 Å². The van der Waals surface area contributed by atoms with Gasteiger partial charge in [-0.25, -0.2) is 0 Å². The Morgan fingerprint density at radius 3 is 2.79 bits per heavy atom. The average molecular weight is 385 g/mol. The predicted octanol–water partition coefficient (Wildman–Crippen LogP) is 2.47. The minimum atomic E-state index is -0.716. The van der Waals surface area contributed by atoms with Gasteiger partial charge in [-0.2, -0.15) is 0 Å². The smallest absolute Gasteiger partial charge is 0.312 e. The van der Waals surface area contributed by atoms with Gasteiger partial charge < -0.3 is 19.3 Å². The fourth-order valence-corrected chi connectivity index (χ4v) is 2.48. The van der Waals surface area contributed by atoms with Crippen LogP contribution in [0.3, 0.4) is 0 Å². The number of carbonyl (C=O) groups is 2. The second-order valence-corrected chi connectivity index (χ2v) is 5.65. The number of hydrogen-bond acceptors (Lipinski definition) is 8. The Balaban J connectivity index is 1.58. The summed E-state index contributed by atoms with van der Waals surface area (Å²) in [4.78, 5) is 34.4. The number of amides is 1. The lowest BCUT2D eigenvalue weighted by atomic mass is 10.2. The van der Waals surface area contributed by atoms with E-state index in [9.17, 15) is 19.7 Å². The second-order valence-electron chi connectivity index (χ2n) is 5.65. The Bertz CT molecular complexity index is 1040. The Kier molecular flexibility index (Phi) is 5.49. The number of aromatic nitrogens is 1. The van der Waals surface area contributed by atoms with E-state index in [2.05, 4.69) is 10.5 Å². The molecule has 0 spiro atoms. The zero-order valence-corrected chi connectivity index (χ0v) is 14.7. The summed E-state index contributed by atoms with van der Waals surface area (Å²) in [6, 6.07) is 11.0. The molecule has 0 aliphatic rings. The third-order valence-corrected chi connectivity index (χ3v) is 3.80. The molecular weight excluding hydrogens is 370 g/mol. The van der Waals surface area contributed by atoms with E-state index in [1.165, 1.54) is 25.3 Å². The number of nitro groups is 1. The highest BCUT2D eigenvalue weighted by Gasteiger charge is 2.19. The molecule has 2 aromatic carbocycles. The maximum atomic E-state index is 12.0. The van der Waals surface area contributed by atoms with Gasteiger partial charge in [0.2, 0.25) is 0 Å². The highest BCUT2D eigenvalue weighted by Crippen LogP contribution is 2.28. The largest absolute Gasteiger partial charge is 0.496 e. The third kappa shape index (κ3) is 4.23. The van der Waals surface area contributed by atoms with Gasteiger partial charge in [0, 0.05) is 5.39 Å². The number of benzene rings is 2. The van der Waals surface area contributed by atoms with Crippen molar-refractivity contribution in [3.05, 3.63) is 58.3 Å². The standard InChI is InChI=1S/C18H15N3O7/c1-26-11-6-7-13(15(8-11)21(24)25)19-17(22)10-27-18(23)9-14-12-4-2-3-5-16(12)28-20-14/h2-8H,9-10H2,1H3,(H,19,22). The number of para-hydroxylation sites is 1. The van der Waals surface area contributed by atoms with Crippen LogP contribution in [0.5, 0.6) is 5.75 Å². The van der Waals surface area contributed by atoms with E-state index in [4.69, 9.17) is 14.0 Å². The first-order valence-corrected chi connectivity index (χ1v) is 8.09. The molecule has 28 heavy (non-hydrogen) atoms. The summed E-state index contributed by atoms with van der Waals surface area (Å²) in [5.41, 5.74) is 0.559. The molecule has 1 amide bonds. The molecule has 3 rings (SSSR count). The quantitative estimate of drug-likeness (QED) is 0.372. The Morgan fingerprint density at radius 1 is 1.25 bits per heavy atom. The Hall–Kier alpha value is -3.95. The molecule has 10 heteroatoms. The van der Waals surface area contributed by atoms with Crippen molar-refractivity contribution in [3.8, 4) is 5.75 Å². The molecule has 0 fully saturated rings. The number of nitrogens with one attached hydrogen (secondary N) is 1. The van der Waals surface area contributed by atoms with Crippen LogP contribution < -0.4 is 10.1 Å². The summed E-state index contributed by atoms with van der Waals surface area (Å²) in [6.45, 7) is -0.599. The summed E-state index contributed by atoms with van der Waals surface area (Å²) < 4.78 is 14.9. The first-order valence-electron chi connectivity index (χ1n) is 8.09. The third-order valence-electron chi connectivity index (χ3n) is 3.80. The fourth-order valence-electron chi connectivity index (χ4n) is 2.48. The van der Waals surface area contributed by atoms with Gasteiger partial charge in [0.15, 0.2) is 12.2 Å². The molecule has 0 aliphatic heterocycles. The van der Waals surface area contributed by atoms with Crippen molar-refractivity contribution in [3.63, 3.8) is 0 Å². The molecule has 0 atom stereocenters.